The second-order valence-electron chi connectivity index (χ2n) is 4.52. The quantitative estimate of drug-likeness (QED) is 0.934. The van der Waals surface area contributed by atoms with Crippen molar-refractivity contribution in [3.8, 4) is 11.3 Å². The van der Waals surface area contributed by atoms with E-state index in [0.29, 0.717) is 0 Å². The molecular weight excluding hydrogens is 304 g/mol. The second kappa shape index (κ2) is 6.26. The molecule has 1 heterocycles. The third kappa shape index (κ3) is 3.19. The number of hydrogen-bond acceptors (Lipinski definition) is 3. The van der Waals surface area contributed by atoms with E-state index >= 15 is 0 Å². The predicted molar refractivity (Wildman–Crippen MR) is 80.0 cm³/mol. The van der Waals surface area contributed by atoms with E-state index < -0.39 is 0 Å². The number of aryl methyl sites for hydroxylation is 1. The molecule has 3 nitrogen and oxygen atoms in total. The smallest absolute Gasteiger partial charge is 0.134 e. The van der Waals surface area contributed by atoms with Gasteiger partial charge in [-0.2, -0.15) is 0 Å². The summed E-state index contributed by atoms with van der Waals surface area (Å²) >= 11 is 3.54. The molecule has 4 heteroatoms. The molecule has 1 aromatic heterocycles. The van der Waals surface area contributed by atoms with Gasteiger partial charge < -0.3 is 5.11 Å². The van der Waals surface area contributed by atoms with Crippen LogP contribution in [0.2, 0.25) is 0 Å². The summed E-state index contributed by atoms with van der Waals surface area (Å²) in [6.45, 7) is 4.07. The highest BCUT2D eigenvalue weighted by molar-refractivity contribution is 9.10. The predicted octanol–water partition coefficient (Wildman–Crippen LogP) is 3.70. The van der Waals surface area contributed by atoms with Crippen LogP contribution in [0.5, 0.6) is 0 Å². The Kier molecular flexibility index (Phi) is 4.66. The maximum atomic E-state index is 9.40. The zero-order valence-corrected chi connectivity index (χ0v) is 12.7. The van der Waals surface area contributed by atoms with E-state index in [-0.39, 0.29) is 12.5 Å². The Bertz CT molecular complexity index is 568. The molecule has 19 heavy (non-hydrogen) atoms. The van der Waals surface area contributed by atoms with Gasteiger partial charge in [0.1, 0.15) is 5.82 Å². The Balaban J connectivity index is 2.51. The van der Waals surface area contributed by atoms with Crippen molar-refractivity contribution in [3.05, 3.63) is 46.3 Å². The molecule has 1 atom stereocenters. The summed E-state index contributed by atoms with van der Waals surface area (Å²) in [5.74, 6) is 0.719. The minimum atomic E-state index is 0.00105. The van der Waals surface area contributed by atoms with E-state index in [1.54, 1.807) is 0 Å². The van der Waals surface area contributed by atoms with Crippen molar-refractivity contribution in [2.45, 2.75) is 26.2 Å². The van der Waals surface area contributed by atoms with Gasteiger partial charge in [0, 0.05) is 21.6 Å². The molecule has 1 aromatic carbocycles. The van der Waals surface area contributed by atoms with Gasteiger partial charge in [-0.25, -0.2) is 9.97 Å². The molecule has 0 aliphatic heterocycles. The average Bonchev–Trinajstić information content (AvgIpc) is 2.40. The first-order valence-corrected chi connectivity index (χ1v) is 7.16. The summed E-state index contributed by atoms with van der Waals surface area (Å²) in [7, 11) is 0. The Morgan fingerprint density at radius 2 is 2.00 bits per heavy atom. The average molecular weight is 321 g/mol. The first kappa shape index (κ1) is 14.2. The fraction of sp³-hybridized carbons (Fsp3) is 0.333. The number of benzene rings is 1. The molecule has 0 fully saturated rings. The van der Waals surface area contributed by atoms with Crippen LogP contribution in [0, 0.1) is 6.92 Å². The zero-order chi connectivity index (χ0) is 13.8. The largest absolute Gasteiger partial charge is 0.396 e. The number of rotatable bonds is 4. The van der Waals surface area contributed by atoms with E-state index in [0.717, 1.165) is 33.7 Å². The number of aliphatic hydroxyl groups excluding tert-OH is 1. The minimum Gasteiger partial charge on any atom is -0.396 e. The van der Waals surface area contributed by atoms with Crippen LogP contribution in [-0.2, 0) is 0 Å². The molecule has 1 N–H and O–H groups in total. The second-order valence-corrected chi connectivity index (χ2v) is 5.37. The van der Waals surface area contributed by atoms with Crippen LogP contribution >= 0.6 is 15.9 Å². The molecule has 2 aromatic rings. The van der Waals surface area contributed by atoms with Crippen LogP contribution in [0.4, 0.5) is 0 Å². The lowest BCUT2D eigenvalue weighted by Gasteiger charge is -2.13. The maximum Gasteiger partial charge on any atom is 0.134 e. The van der Waals surface area contributed by atoms with Crippen LogP contribution in [-0.4, -0.2) is 21.7 Å². The van der Waals surface area contributed by atoms with Crippen LogP contribution in [0.1, 0.15) is 30.8 Å². The highest BCUT2D eigenvalue weighted by Gasteiger charge is 2.14. The molecule has 100 valence electrons. The van der Waals surface area contributed by atoms with E-state index in [2.05, 4.69) is 25.9 Å². The molecule has 2 rings (SSSR count). The highest BCUT2D eigenvalue weighted by atomic mass is 79.9. The standard InChI is InChI=1S/C15H17BrN2O/c1-3-11(9-19)15-17-10(2)8-14(18-15)12-6-4-5-7-13(12)16/h4-8,11,19H,3,9H2,1-2H3. The van der Waals surface area contributed by atoms with Gasteiger partial charge >= 0.3 is 0 Å². The van der Waals surface area contributed by atoms with Crippen molar-refractivity contribution < 1.29 is 5.11 Å². The summed E-state index contributed by atoms with van der Waals surface area (Å²) < 4.78 is 1.01. The van der Waals surface area contributed by atoms with Crippen molar-refractivity contribution in [2.24, 2.45) is 0 Å². The third-order valence-corrected chi connectivity index (χ3v) is 3.79. The number of halogens is 1. The van der Waals surface area contributed by atoms with E-state index in [1.807, 2.05) is 44.2 Å². The maximum absolute atomic E-state index is 9.40. The van der Waals surface area contributed by atoms with Gasteiger partial charge in [0.15, 0.2) is 0 Å². The Hall–Kier alpha value is -1.26. The third-order valence-electron chi connectivity index (χ3n) is 3.10. The molecule has 0 bridgehead atoms. The highest BCUT2D eigenvalue weighted by Crippen LogP contribution is 2.28. The SMILES string of the molecule is CCC(CO)c1nc(C)cc(-c2ccccc2Br)n1. The lowest BCUT2D eigenvalue weighted by Crippen LogP contribution is -2.09. The molecule has 0 aliphatic rings. The molecule has 0 radical (unpaired) electrons. The molecule has 0 saturated heterocycles. The summed E-state index contributed by atoms with van der Waals surface area (Å²) in [6, 6.07) is 9.95. The summed E-state index contributed by atoms with van der Waals surface area (Å²) in [5, 5.41) is 9.40. The van der Waals surface area contributed by atoms with Gasteiger partial charge in [-0.3, -0.25) is 0 Å². The lowest BCUT2D eigenvalue weighted by atomic mass is 10.1. The van der Waals surface area contributed by atoms with Gasteiger partial charge in [-0.1, -0.05) is 41.1 Å². The van der Waals surface area contributed by atoms with Gasteiger partial charge in [0.25, 0.3) is 0 Å². The Labute approximate surface area is 121 Å². The number of aliphatic hydroxyl groups is 1. The van der Waals surface area contributed by atoms with Crippen LogP contribution in [0.25, 0.3) is 11.3 Å². The van der Waals surface area contributed by atoms with E-state index in [4.69, 9.17) is 0 Å². The molecular formula is C15H17BrN2O. The van der Waals surface area contributed by atoms with E-state index in [1.165, 1.54) is 0 Å². The van der Waals surface area contributed by atoms with Gasteiger partial charge in [-0.15, -0.1) is 0 Å². The first-order valence-electron chi connectivity index (χ1n) is 6.37. The topological polar surface area (TPSA) is 46.0 Å². The van der Waals surface area contributed by atoms with Gasteiger partial charge in [0.2, 0.25) is 0 Å². The monoisotopic (exact) mass is 320 g/mol. The molecule has 0 aliphatic carbocycles. The summed E-state index contributed by atoms with van der Waals surface area (Å²) in [4.78, 5) is 9.05. The summed E-state index contributed by atoms with van der Waals surface area (Å²) in [5.41, 5.74) is 2.85. The van der Waals surface area contributed by atoms with Crippen molar-refractivity contribution in [1.82, 2.24) is 9.97 Å². The Morgan fingerprint density at radius 1 is 1.26 bits per heavy atom. The van der Waals surface area contributed by atoms with Gasteiger partial charge in [0.05, 0.1) is 12.3 Å². The minimum absolute atomic E-state index is 0.00105. The molecule has 0 saturated carbocycles. The van der Waals surface area contributed by atoms with E-state index in [9.17, 15) is 5.11 Å². The fourth-order valence-electron chi connectivity index (χ4n) is 1.97. The van der Waals surface area contributed by atoms with Crippen molar-refractivity contribution in [2.75, 3.05) is 6.61 Å². The van der Waals surface area contributed by atoms with Crippen molar-refractivity contribution >= 4 is 15.9 Å². The lowest BCUT2D eigenvalue weighted by molar-refractivity contribution is 0.257. The van der Waals surface area contributed by atoms with Crippen molar-refractivity contribution in [1.29, 1.82) is 0 Å². The first-order chi connectivity index (χ1) is 9.15. The zero-order valence-electron chi connectivity index (χ0n) is 11.1. The fourth-order valence-corrected chi connectivity index (χ4v) is 2.46. The molecule has 1 unspecified atom stereocenters. The summed E-state index contributed by atoms with van der Waals surface area (Å²) in [6.07, 6.45) is 0.829. The number of nitrogens with zero attached hydrogens (tertiary/aromatic N) is 2. The van der Waals surface area contributed by atoms with Crippen LogP contribution in [0.15, 0.2) is 34.8 Å². The Morgan fingerprint density at radius 3 is 2.63 bits per heavy atom. The van der Waals surface area contributed by atoms with Crippen LogP contribution < -0.4 is 0 Å². The van der Waals surface area contributed by atoms with Crippen molar-refractivity contribution in [3.63, 3.8) is 0 Å². The normalized spacial score (nSPS) is 12.4. The number of hydrogen-bond donors (Lipinski definition) is 1. The molecule has 0 amide bonds. The van der Waals surface area contributed by atoms with Gasteiger partial charge in [-0.05, 0) is 25.5 Å². The van der Waals surface area contributed by atoms with Crippen LogP contribution in [0.3, 0.4) is 0 Å². The number of aromatic nitrogens is 2. The molecule has 0 spiro atoms.